The van der Waals surface area contributed by atoms with Crippen LogP contribution in [0.5, 0.6) is 0 Å². The van der Waals surface area contributed by atoms with Gasteiger partial charge in [0.05, 0.1) is 0 Å². The van der Waals surface area contributed by atoms with Gasteiger partial charge >= 0.3 is 0 Å². The Morgan fingerprint density at radius 2 is 1.95 bits per heavy atom. The lowest BCUT2D eigenvalue weighted by Gasteiger charge is -2.32. The minimum Gasteiger partial charge on any atom is -0.331 e. The summed E-state index contributed by atoms with van der Waals surface area (Å²) in [4.78, 5) is 0. The standard InChI is InChI=1S/C16H24NOP/c1-15(2,3)19-17-12-8-11-14(17)16(4,18-19)13-9-6-5-7-10-13/h5-7,9-10,14H,8,11-12H2,1-4H3/t14-,16+,19-/m0/s1. The Morgan fingerprint density at radius 1 is 1.26 bits per heavy atom. The molecule has 104 valence electrons. The fourth-order valence-corrected chi connectivity index (χ4v) is 6.01. The molecule has 0 unspecified atom stereocenters. The molecule has 0 spiro atoms. The smallest absolute Gasteiger partial charge is 0.112 e. The van der Waals surface area contributed by atoms with Crippen LogP contribution in [0, 0.1) is 0 Å². The Kier molecular flexibility index (Phi) is 3.24. The summed E-state index contributed by atoms with van der Waals surface area (Å²) < 4.78 is 9.31. The van der Waals surface area contributed by atoms with Crippen molar-refractivity contribution in [1.82, 2.24) is 4.67 Å². The quantitative estimate of drug-likeness (QED) is 0.700. The van der Waals surface area contributed by atoms with Gasteiger partial charge in [-0.25, -0.2) is 0 Å². The highest BCUT2D eigenvalue weighted by atomic mass is 31.2. The molecule has 2 saturated heterocycles. The van der Waals surface area contributed by atoms with Gasteiger partial charge < -0.3 is 4.52 Å². The first kappa shape index (κ1) is 13.5. The van der Waals surface area contributed by atoms with E-state index >= 15 is 0 Å². The normalized spacial score (nSPS) is 35.6. The zero-order chi connectivity index (χ0) is 13.7. The Bertz CT molecular complexity index is 456. The molecule has 0 bridgehead atoms. The molecule has 2 fully saturated rings. The molecule has 0 aromatic heterocycles. The zero-order valence-electron chi connectivity index (χ0n) is 12.4. The molecule has 1 aromatic rings. The van der Waals surface area contributed by atoms with E-state index < -0.39 is 8.30 Å². The number of fused-ring (bicyclic) bond motifs is 1. The molecule has 3 heteroatoms. The lowest BCUT2D eigenvalue weighted by Crippen LogP contribution is -2.36. The van der Waals surface area contributed by atoms with Gasteiger partial charge in [0, 0.05) is 17.7 Å². The third kappa shape index (κ3) is 2.14. The Balaban J connectivity index is 1.99. The molecular formula is C16H24NOP. The topological polar surface area (TPSA) is 12.5 Å². The van der Waals surface area contributed by atoms with E-state index in [0.717, 1.165) is 0 Å². The van der Waals surface area contributed by atoms with Crippen molar-refractivity contribution in [1.29, 1.82) is 0 Å². The van der Waals surface area contributed by atoms with Gasteiger partial charge in [-0.1, -0.05) is 51.1 Å². The van der Waals surface area contributed by atoms with Crippen molar-refractivity contribution in [3.8, 4) is 0 Å². The van der Waals surface area contributed by atoms with Gasteiger partial charge in [-0.15, -0.1) is 0 Å². The van der Waals surface area contributed by atoms with Gasteiger partial charge in [0.1, 0.15) is 13.9 Å². The maximum atomic E-state index is 6.66. The van der Waals surface area contributed by atoms with Gasteiger partial charge in [-0.05, 0) is 25.3 Å². The summed E-state index contributed by atoms with van der Waals surface area (Å²) in [5.74, 6) is 0. The summed E-state index contributed by atoms with van der Waals surface area (Å²) in [5.41, 5.74) is 1.21. The monoisotopic (exact) mass is 277 g/mol. The third-order valence-electron chi connectivity index (χ3n) is 4.29. The average Bonchev–Trinajstić information content (AvgIpc) is 2.93. The first-order valence-corrected chi connectivity index (χ1v) is 8.45. The third-order valence-corrected chi connectivity index (χ3v) is 6.94. The molecule has 3 rings (SSSR count). The Morgan fingerprint density at radius 3 is 2.58 bits per heavy atom. The van der Waals surface area contributed by atoms with Crippen LogP contribution in [0.2, 0.25) is 0 Å². The highest BCUT2D eigenvalue weighted by Crippen LogP contribution is 2.67. The van der Waals surface area contributed by atoms with E-state index in [4.69, 9.17) is 4.52 Å². The van der Waals surface area contributed by atoms with Gasteiger partial charge in [0.2, 0.25) is 0 Å². The van der Waals surface area contributed by atoms with E-state index in [2.05, 4.69) is 62.7 Å². The summed E-state index contributed by atoms with van der Waals surface area (Å²) in [6.45, 7) is 10.4. The van der Waals surface area contributed by atoms with Crippen LogP contribution in [0.15, 0.2) is 30.3 Å². The second-order valence-electron chi connectivity index (χ2n) is 6.83. The van der Waals surface area contributed by atoms with Crippen molar-refractivity contribution < 1.29 is 4.52 Å². The average molecular weight is 277 g/mol. The van der Waals surface area contributed by atoms with Gasteiger partial charge in [-0.3, -0.25) is 4.67 Å². The number of hydrogen-bond donors (Lipinski definition) is 0. The van der Waals surface area contributed by atoms with Crippen molar-refractivity contribution >= 4 is 8.30 Å². The molecule has 3 atom stereocenters. The maximum absolute atomic E-state index is 6.66. The Hall–Kier alpha value is -0.430. The van der Waals surface area contributed by atoms with E-state index in [1.165, 1.54) is 24.9 Å². The lowest BCUT2D eigenvalue weighted by molar-refractivity contribution is 0.0870. The van der Waals surface area contributed by atoms with Crippen LogP contribution in [0.3, 0.4) is 0 Å². The number of benzene rings is 1. The van der Waals surface area contributed by atoms with Gasteiger partial charge in [0.15, 0.2) is 0 Å². The van der Waals surface area contributed by atoms with Crippen LogP contribution in [-0.2, 0) is 10.1 Å². The number of nitrogens with zero attached hydrogens (tertiary/aromatic N) is 1. The van der Waals surface area contributed by atoms with Crippen LogP contribution >= 0.6 is 8.30 Å². The second kappa shape index (κ2) is 4.55. The van der Waals surface area contributed by atoms with Gasteiger partial charge in [0.25, 0.3) is 0 Å². The van der Waals surface area contributed by atoms with Crippen LogP contribution in [0.25, 0.3) is 0 Å². The second-order valence-corrected chi connectivity index (χ2v) is 9.41. The fourth-order valence-electron chi connectivity index (χ4n) is 3.36. The fraction of sp³-hybridized carbons (Fsp3) is 0.625. The van der Waals surface area contributed by atoms with Crippen molar-refractivity contribution in [2.75, 3.05) is 6.54 Å². The van der Waals surface area contributed by atoms with Crippen molar-refractivity contribution in [3.05, 3.63) is 35.9 Å². The van der Waals surface area contributed by atoms with Crippen LogP contribution < -0.4 is 0 Å². The molecule has 0 N–H and O–H groups in total. The molecule has 2 nitrogen and oxygen atoms in total. The molecule has 2 aliphatic heterocycles. The first-order valence-electron chi connectivity index (χ1n) is 7.24. The lowest BCUT2D eigenvalue weighted by atomic mass is 9.87. The zero-order valence-corrected chi connectivity index (χ0v) is 13.3. The molecular weight excluding hydrogens is 253 g/mol. The largest absolute Gasteiger partial charge is 0.331 e. The molecule has 0 aliphatic carbocycles. The molecule has 2 heterocycles. The van der Waals surface area contributed by atoms with E-state index in [9.17, 15) is 0 Å². The highest BCUT2D eigenvalue weighted by Gasteiger charge is 2.56. The predicted molar refractivity (Wildman–Crippen MR) is 81.3 cm³/mol. The first-order chi connectivity index (χ1) is 8.93. The molecule has 19 heavy (non-hydrogen) atoms. The summed E-state index contributed by atoms with van der Waals surface area (Å²) in [7, 11) is -0.505. The van der Waals surface area contributed by atoms with Crippen LogP contribution in [0.4, 0.5) is 0 Å². The molecule has 0 saturated carbocycles. The van der Waals surface area contributed by atoms with E-state index in [0.29, 0.717) is 6.04 Å². The highest BCUT2D eigenvalue weighted by molar-refractivity contribution is 7.52. The SMILES string of the molecule is CC(C)(C)[P@]1O[C@](C)(c2ccccc2)[C@@H]2CCCN21. The number of rotatable bonds is 1. The van der Waals surface area contributed by atoms with Crippen molar-refractivity contribution in [2.45, 2.75) is 57.3 Å². The minimum absolute atomic E-state index is 0.128. The van der Waals surface area contributed by atoms with Crippen LogP contribution in [0.1, 0.15) is 46.1 Å². The molecule has 1 aromatic carbocycles. The van der Waals surface area contributed by atoms with E-state index in [1.807, 2.05) is 0 Å². The summed E-state index contributed by atoms with van der Waals surface area (Å²) >= 11 is 0. The molecule has 0 radical (unpaired) electrons. The summed E-state index contributed by atoms with van der Waals surface area (Å²) in [5, 5.41) is 0.227. The summed E-state index contributed by atoms with van der Waals surface area (Å²) in [6, 6.07) is 11.3. The van der Waals surface area contributed by atoms with E-state index in [1.54, 1.807) is 0 Å². The predicted octanol–water partition coefficient (Wildman–Crippen LogP) is 4.51. The minimum atomic E-state index is -0.505. The number of hydrogen-bond acceptors (Lipinski definition) is 2. The van der Waals surface area contributed by atoms with Gasteiger partial charge in [-0.2, -0.15) is 0 Å². The van der Waals surface area contributed by atoms with Crippen molar-refractivity contribution in [2.24, 2.45) is 0 Å². The summed E-state index contributed by atoms with van der Waals surface area (Å²) in [6.07, 6.45) is 2.58. The van der Waals surface area contributed by atoms with Crippen LogP contribution in [-0.4, -0.2) is 22.4 Å². The van der Waals surface area contributed by atoms with E-state index in [-0.39, 0.29) is 10.8 Å². The maximum Gasteiger partial charge on any atom is 0.112 e. The molecule has 2 aliphatic rings. The Labute approximate surface area is 118 Å². The van der Waals surface area contributed by atoms with Crippen molar-refractivity contribution in [3.63, 3.8) is 0 Å². The molecule has 0 amide bonds.